The Morgan fingerprint density at radius 1 is 0.889 bits per heavy atom. The van der Waals surface area contributed by atoms with Crippen LogP contribution in [0.25, 0.3) is 0 Å². The highest BCUT2D eigenvalue weighted by molar-refractivity contribution is 5.94. The Morgan fingerprint density at radius 2 is 1.48 bits per heavy atom. The monoisotopic (exact) mass is 356 g/mol. The lowest BCUT2D eigenvalue weighted by molar-refractivity contribution is -0.127. The summed E-state index contributed by atoms with van der Waals surface area (Å²) in [5, 5.41) is 14.2. The third-order valence-corrected chi connectivity index (χ3v) is 6.10. The molecule has 0 bridgehead atoms. The normalized spacial score (nSPS) is 28.6. The molecule has 0 aliphatic carbocycles. The summed E-state index contributed by atoms with van der Waals surface area (Å²) in [6, 6.07) is 27.9. The van der Waals surface area contributed by atoms with Gasteiger partial charge in [-0.1, -0.05) is 66.7 Å². The van der Waals surface area contributed by atoms with Crippen molar-refractivity contribution in [3.05, 3.63) is 96.1 Å². The molecule has 3 aromatic rings. The first kappa shape index (κ1) is 16.1. The number of fused-ring (bicyclic) bond motifs is 3. The van der Waals surface area contributed by atoms with Crippen LogP contribution in [0.4, 0.5) is 11.4 Å². The van der Waals surface area contributed by atoms with Crippen molar-refractivity contribution in [1.29, 1.82) is 0 Å². The second-order valence-electron chi connectivity index (χ2n) is 7.36. The SMILES string of the molecule is C[C@]12c3ccccc3N(c3ccccc3)[C@]1(c1ccccc1)NC(=O)[C@@H]2O. The Hall–Kier alpha value is -3.11. The number of aliphatic hydroxyl groups is 1. The Labute approximate surface area is 158 Å². The fourth-order valence-corrected chi connectivity index (χ4v) is 4.85. The largest absolute Gasteiger partial charge is 0.382 e. The summed E-state index contributed by atoms with van der Waals surface area (Å²) in [4.78, 5) is 14.9. The molecule has 1 saturated heterocycles. The first-order valence-corrected chi connectivity index (χ1v) is 9.11. The van der Waals surface area contributed by atoms with E-state index >= 15 is 0 Å². The van der Waals surface area contributed by atoms with Crippen LogP contribution in [0.5, 0.6) is 0 Å². The lowest BCUT2D eigenvalue weighted by atomic mass is 9.70. The van der Waals surface area contributed by atoms with Gasteiger partial charge in [0.25, 0.3) is 5.91 Å². The minimum Gasteiger partial charge on any atom is -0.382 e. The molecule has 27 heavy (non-hydrogen) atoms. The fourth-order valence-electron chi connectivity index (χ4n) is 4.85. The lowest BCUT2D eigenvalue weighted by Crippen LogP contribution is -2.58. The van der Waals surface area contributed by atoms with Gasteiger partial charge in [-0.25, -0.2) is 0 Å². The topological polar surface area (TPSA) is 52.6 Å². The molecular weight excluding hydrogens is 336 g/mol. The van der Waals surface area contributed by atoms with Crippen LogP contribution in [0.2, 0.25) is 0 Å². The number of benzene rings is 3. The van der Waals surface area contributed by atoms with Crippen LogP contribution >= 0.6 is 0 Å². The molecule has 0 aromatic heterocycles. The van der Waals surface area contributed by atoms with Crippen LogP contribution in [0.1, 0.15) is 18.1 Å². The Morgan fingerprint density at radius 3 is 2.19 bits per heavy atom. The number of rotatable bonds is 2. The van der Waals surface area contributed by atoms with Gasteiger partial charge in [0.2, 0.25) is 0 Å². The summed E-state index contributed by atoms with van der Waals surface area (Å²) >= 11 is 0. The van der Waals surface area contributed by atoms with Crippen molar-refractivity contribution in [2.45, 2.75) is 24.1 Å². The minimum atomic E-state index is -1.15. The van der Waals surface area contributed by atoms with Crippen molar-refractivity contribution in [3.8, 4) is 0 Å². The number of hydrogen-bond donors (Lipinski definition) is 2. The van der Waals surface area contributed by atoms with Crippen molar-refractivity contribution in [3.63, 3.8) is 0 Å². The number of anilines is 2. The molecule has 0 radical (unpaired) electrons. The molecule has 0 spiro atoms. The number of nitrogens with zero attached hydrogens (tertiary/aromatic N) is 1. The van der Waals surface area contributed by atoms with E-state index in [-0.39, 0.29) is 5.91 Å². The maximum Gasteiger partial charge on any atom is 0.252 e. The molecule has 1 amide bonds. The predicted octanol–water partition coefficient (Wildman–Crippen LogP) is 3.44. The van der Waals surface area contributed by atoms with Crippen LogP contribution in [0.15, 0.2) is 84.9 Å². The molecular formula is C23H20N2O2. The average Bonchev–Trinajstić information content (AvgIpc) is 3.07. The summed E-state index contributed by atoms with van der Waals surface area (Å²) in [5.74, 6) is -0.350. The van der Waals surface area contributed by atoms with Crippen molar-refractivity contribution in [1.82, 2.24) is 5.32 Å². The minimum absolute atomic E-state index is 0.350. The van der Waals surface area contributed by atoms with Crippen LogP contribution in [-0.4, -0.2) is 17.1 Å². The van der Waals surface area contributed by atoms with Crippen LogP contribution in [0, 0.1) is 0 Å². The van der Waals surface area contributed by atoms with Crippen molar-refractivity contribution >= 4 is 17.3 Å². The van der Waals surface area contributed by atoms with Gasteiger partial charge in [0.1, 0.15) is 6.10 Å². The second-order valence-corrected chi connectivity index (χ2v) is 7.36. The third kappa shape index (κ3) is 1.83. The van der Waals surface area contributed by atoms with E-state index in [2.05, 4.69) is 16.3 Å². The molecule has 4 nitrogen and oxygen atoms in total. The first-order valence-electron chi connectivity index (χ1n) is 9.11. The highest BCUT2D eigenvalue weighted by Gasteiger charge is 2.70. The molecule has 2 aliphatic heterocycles. The van der Waals surface area contributed by atoms with Gasteiger partial charge in [-0.15, -0.1) is 0 Å². The van der Waals surface area contributed by atoms with Crippen LogP contribution in [-0.2, 0) is 15.9 Å². The molecule has 0 unspecified atom stereocenters. The number of nitrogens with one attached hydrogen (secondary N) is 1. The molecule has 5 rings (SSSR count). The van der Waals surface area contributed by atoms with Gasteiger partial charge in [0.05, 0.1) is 5.41 Å². The molecule has 2 aliphatic rings. The zero-order valence-corrected chi connectivity index (χ0v) is 15.0. The van der Waals surface area contributed by atoms with E-state index in [9.17, 15) is 9.90 Å². The number of para-hydroxylation sites is 2. The predicted molar refractivity (Wildman–Crippen MR) is 105 cm³/mol. The highest BCUT2D eigenvalue weighted by atomic mass is 16.3. The van der Waals surface area contributed by atoms with E-state index in [4.69, 9.17) is 0 Å². The van der Waals surface area contributed by atoms with Crippen LogP contribution < -0.4 is 10.2 Å². The average molecular weight is 356 g/mol. The summed E-state index contributed by atoms with van der Waals surface area (Å²) in [7, 11) is 0. The van der Waals surface area contributed by atoms with E-state index in [0.717, 1.165) is 22.5 Å². The maximum atomic E-state index is 12.8. The second kappa shape index (κ2) is 5.44. The lowest BCUT2D eigenvalue weighted by Gasteiger charge is -2.45. The third-order valence-electron chi connectivity index (χ3n) is 6.10. The van der Waals surface area contributed by atoms with Crippen molar-refractivity contribution in [2.75, 3.05) is 4.90 Å². The molecule has 2 heterocycles. The number of carbonyl (C=O) groups is 1. The Balaban J connectivity index is 1.90. The number of amides is 1. The summed E-state index contributed by atoms with van der Waals surface area (Å²) < 4.78 is 0. The van der Waals surface area contributed by atoms with E-state index in [1.54, 1.807) is 0 Å². The molecule has 2 N–H and O–H groups in total. The van der Waals surface area contributed by atoms with E-state index < -0.39 is 17.2 Å². The number of aliphatic hydroxyl groups excluding tert-OH is 1. The summed E-state index contributed by atoms with van der Waals surface area (Å²) in [5.41, 5.74) is 2.12. The van der Waals surface area contributed by atoms with Crippen molar-refractivity contribution in [2.24, 2.45) is 0 Å². The van der Waals surface area contributed by atoms with E-state index in [0.29, 0.717) is 0 Å². The van der Waals surface area contributed by atoms with E-state index in [1.807, 2.05) is 85.8 Å². The quantitative estimate of drug-likeness (QED) is 0.740. The first-order chi connectivity index (χ1) is 13.1. The molecule has 134 valence electrons. The number of hydrogen-bond acceptors (Lipinski definition) is 3. The zero-order valence-electron chi connectivity index (χ0n) is 15.0. The van der Waals surface area contributed by atoms with E-state index in [1.165, 1.54) is 0 Å². The maximum absolute atomic E-state index is 12.8. The highest BCUT2D eigenvalue weighted by Crippen LogP contribution is 2.61. The zero-order chi connectivity index (χ0) is 18.6. The summed E-state index contributed by atoms with van der Waals surface area (Å²) in [6.45, 7) is 1.98. The van der Waals surface area contributed by atoms with Gasteiger partial charge in [0.15, 0.2) is 5.66 Å². The molecule has 1 fully saturated rings. The molecule has 4 heteroatoms. The molecule has 3 atom stereocenters. The van der Waals surface area contributed by atoms with Gasteiger partial charge < -0.3 is 15.3 Å². The Kier molecular flexibility index (Phi) is 3.24. The van der Waals surface area contributed by atoms with Crippen LogP contribution in [0.3, 0.4) is 0 Å². The molecule has 0 saturated carbocycles. The van der Waals surface area contributed by atoms with Gasteiger partial charge in [0, 0.05) is 11.4 Å². The molecule has 3 aromatic carbocycles. The standard InChI is InChI=1S/C23H20N2O2/c1-22-18-14-8-9-15-19(18)25(17-12-6-3-7-13-17)23(22,24-21(27)20(22)26)16-10-4-2-5-11-16/h2-15,20,26H,1H3,(H,24,27)/t20-,22+,23-/m0/s1. The van der Waals surface area contributed by atoms with Gasteiger partial charge in [-0.2, -0.15) is 0 Å². The van der Waals surface area contributed by atoms with Gasteiger partial charge in [-0.05, 0) is 36.2 Å². The Bertz CT molecular complexity index is 1020. The van der Waals surface area contributed by atoms with Gasteiger partial charge in [-0.3, -0.25) is 4.79 Å². The smallest absolute Gasteiger partial charge is 0.252 e. The fraction of sp³-hybridized carbons (Fsp3) is 0.174. The van der Waals surface area contributed by atoms with Gasteiger partial charge >= 0.3 is 0 Å². The van der Waals surface area contributed by atoms with Crippen molar-refractivity contribution < 1.29 is 9.90 Å². The number of carbonyl (C=O) groups excluding carboxylic acids is 1. The summed E-state index contributed by atoms with van der Waals surface area (Å²) in [6.07, 6.45) is -1.15.